The number of quaternary nitrogens is 1. The minimum absolute atomic E-state index is 0.0280. The lowest BCUT2D eigenvalue weighted by molar-refractivity contribution is -0.908. The van der Waals surface area contributed by atoms with Crippen LogP contribution >= 0.6 is 0 Å². The number of benzene rings is 2. The number of amides is 1. The Morgan fingerprint density at radius 2 is 1.92 bits per heavy atom. The van der Waals surface area contributed by atoms with Crippen molar-refractivity contribution in [3.8, 4) is 5.75 Å². The topological polar surface area (TPSA) is 42.8 Å². The predicted octanol–water partition coefficient (Wildman–Crippen LogP) is 1.55. The second-order valence-electron chi connectivity index (χ2n) is 5.94. The fourth-order valence-corrected chi connectivity index (χ4v) is 2.43. The van der Waals surface area contributed by atoms with E-state index >= 15 is 0 Å². The Bertz CT molecular complexity index is 673. The summed E-state index contributed by atoms with van der Waals surface area (Å²) in [5.41, 5.74) is 1.89. The van der Waals surface area contributed by atoms with Crippen LogP contribution in [0.5, 0.6) is 5.75 Å². The molecule has 0 aromatic heterocycles. The molecule has 2 rings (SSSR count). The molecular formula is C19H24FN2O2+. The molecule has 2 aromatic carbocycles. The predicted molar refractivity (Wildman–Crippen MR) is 91.3 cm³/mol. The van der Waals surface area contributed by atoms with Gasteiger partial charge in [0.2, 0.25) is 0 Å². The normalized spacial score (nSPS) is 13.2. The average molecular weight is 331 g/mol. The van der Waals surface area contributed by atoms with Gasteiger partial charge in [-0.1, -0.05) is 24.3 Å². The molecule has 0 saturated carbocycles. The Balaban J connectivity index is 1.86. The number of ether oxygens (including phenoxy) is 1. The minimum atomic E-state index is -0.253. The van der Waals surface area contributed by atoms with E-state index in [1.54, 1.807) is 13.2 Å². The zero-order chi connectivity index (χ0) is 17.5. The van der Waals surface area contributed by atoms with E-state index in [4.69, 9.17) is 4.74 Å². The maximum atomic E-state index is 13.2. The molecule has 24 heavy (non-hydrogen) atoms. The second-order valence-corrected chi connectivity index (χ2v) is 5.94. The summed E-state index contributed by atoms with van der Waals surface area (Å²) in [5.74, 6) is 0.509. The van der Waals surface area contributed by atoms with Gasteiger partial charge in [0.25, 0.3) is 5.91 Å². The average Bonchev–Trinajstić information content (AvgIpc) is 2.59. The Kier molecular flexibility index (Phi) is 6.32. The molecule has 1 amide bonds. The first-order valence-corrected chi connectivity index (χ1v) is 7.97. The molecule has 0 aliphatic heterocycles. The molecule has 1 unspecified atom stereocenters. The van der Waals surface area contributed by atoms with Gasteiger partial charge in [-0.05, 0) is 36.8 Å². The molecule has 2 atom stereocenters. The van der Waals surface area contributed by atoms with E-state index in [1.807, 2.05) is 44.3 Å². The molecular weight excluding hydrogens is 307 g/mol. The summed E-state index contributed by atoms with van der Waals surface area (Å²) in [6.07, 6.45) is 0. The van der Waals surface area contributed by atoms with Gasteiger partial charge in [-0.25, -0.2) is 4.39 Å². The van der Waals surface area contributed by atoms with Gasteiger partial charge in [0.05, 0.1) is 14.2 Å². The van der Waals surface area contributed by atoms with Crippen LogP contribution in [0.2, 0.25) is 0 Å². The van der Waals surface area contributed by atoms with E-state index in [2.05, 4.69) is 5.32 Å². The van der Waals surface area contributed by atoms with Crippen molar-refractivity contribution in [1.82, 2.24) is 5.32 Å². The van der Waals surface area contributed by atoms with E-state index in [0.29, 0.717) is 13.1 Å². The first kappa shape index (κ1) is 17.9. The lowest BCUT2D eigenvalue weighted by atomic mass is 10.1. The van der Waals surface area contributed by atoms with Crippen LogP contribution in [-0.4, -0.2) is 26.1 Å². The monoisotopic (exact) mass is 331 g/mol. The molecule has 2 N–H and O–H groups in total. The van der Waals surface area contributed by atoms with Crippen LogP contribution in [0.25, 0.3) is 0 Å². The third-order valence-corrected chi connectivity index (χ3v) is 4.13. The molecule has 5 heteroatoms. The van der Waals surface area contributed by atoms with Crippen LogP contribution in [0, 0.1) is 5.82 Å². The molecule has 0 aliphatic rings. The summed E-state index contributed by atoms with van der Waals surface area (Å²) in [5, 5.41) is 2.94. The molecule has 0 fully saturated rings. The zero-order valence-electron chi connectivity index (χ0n) is 14.3. The molecule has 2 aromatic rings. The highest BCUT2D eigenvalue weighted by Gasteiger charge is 2.21. The van der Waals surface area contributed by atoms with Crippen molar-refractivity contribution in [2.24, 2.45) is 0 Å². The molecule has 0 saturated heterocycles. The number of carbonyl (C=O) groups excluding carboxylic acids is 1. The first-order valence-electron chi connectivity index (χ1n) is 7.97. The van der Waals surface area contributed by atoms with Crippen molar-refractivity contribution in [2.75, 3.05) is 14.2 Å². The molecule has 0 radical (unpaired) electrons. The molecule has 0 spiro atoms. The summed E-state index contributed by atoms with van der Waals surface area (Å²) in [4.78, 5) is 13.3. The number of carbonyl (C=O) groups is 1. The van der Waals surface area contributed by atoms with Gasteiger partial charge in [-0.15, -0.1) is 0 Å². The van der Waals surface area contributed by atoms with Crippen molar-refractivity contribution in [2.45, 2.75) is 26.1 Å². The number of nitrogens with one attached hydrogen (secondary N) is 2. The number of hydrogen-bond donors (Lipinski definition) is 2. The van der Waals surface area contributed by atoms with Gasteiger partial charge in [0.15, 0.2) is 6.04 Å². The van der Waals surface area contributed by atoms with E-state index in [1.165, 1.54) is 12.1 Å². The van der Waals surface area contributed by atoms with Gasteiger partial charge in [0, 0.05) is 12.1 Å². The van der Waals surface area contributed by atoms with Gasteiger partial charge < -0.3 is 15.0 Å². The number of halogens is 1. The van der Waals surface area contributed by atoms with Crippen LogP contribution in [-0.2, 0) is 17.9 Å². The summed E-state index contributed by atoms with van der Waals surface area (Å²) in [7, 11) is 3.55. The highest BCUT2D eigenvalue weighted by atomic mass is 19.1. The fraction of sp³-hybridized carbons (Fsp3) is 0.316. The lowest BCUT2D eigenvalue weighted by Gasteiger charge is -2.21. The van der Waals surface area contributed by atoms with Gasteiger partial charge in [-0.2, -0.15) is 0 Å². The highest BCUT2D eigenvalue weighted by molar-refractivity contribution is 5.79. The molecule has 4 nitrogen and oxygen atoms in total. The van der Waals surface area contributed by atoms with Crippen LogP contribution in [0.15, 0.2) is 48.5 Å². The molecule has 0 bridgehead atoms. The van der Waals surface area contributed by atoms with E-state index in [-0.39, 0.29) is 17.8 Å². The van der Waals surface area contributed by atoms with Crippen molar-refractivity contribution in [1.29, 1.82) is 0 Å². The van der Waals surface area contributed by atoms with Crippen molar-refractivity contribution in [3.05, 3.63) is 65.5 Å². The van der Waals surface area contributed by atoms with Crippen molar-refractivity contribution >= 4 is 5.91 Å². The first-order chi connectivity index (χ1) is 11.5. The third-order valence-electron chi connectivity index (χ3n) is 4.13. The minimum Gasteiger partial charge on any atom is -0.497 e. The largest absolute Gasteiger partial charge is 0.497 e. The summed E-state index contributed by atoms with van der Waals surface area (Å²) >= 11 is 0. The number of hydrogen-bond acceptors (Lipinski definition) is 2. The van der Waals surface area contributed by atoms with Gasteiger partial charge in [0.1, 0.15) is 18.1 Å². The Morgan fingerprint density at radius 1 is 1.21 bits per heavy atom. The molecule has 0 aliphatic carbocycles. The van der Waals surface area contributed by atoms with Crippen LogP contribution in [0.4, 0.5) is 4.39 Å². The second kappa shape index (κ2) is 8.45. The third kappa shape index (κ3) is 5.06. The maximum absolute atomic E-state index is 13.2. The Morgan fingerprint density at radius 3 is 2.54 bits per heavy atom. The van der Waals surface area contributed by atoms with Crippen LogP contribution in [0.3, 0.4) is 0 Å². The Hall–Kier alpha value is -2.40. The number of rotatable bonds is 7. The number of methoxy groups -OCH3 is 1. The summed E-state index contributed by atoms with van der Waals surface area (Å²) < 4.78 is 18.4. The lowest BCUT2D eigenvalue weighted by Crippen LogP contribution is -3.12. The quantitative estimate of drug-likeness (QED) is 0.808. The summed E-state index contributed by atoms with van der Waals surface area (Å²) in [6.45, 7) is 2.94. The van der Waals surface area contributed by atoms with E-state index < -0.39 is 0 Å². The Labute approximate surface area is 142 Å². The smallest absolute Gasteiger partial charge is 0.278 e. The fourth-order valence-electron chi connectivity index (χ4n) is 2.43. The summed E-state index contributed by atoms with van der Waals surface area (Å²) in [6, 6.07) is 13.8. The zero-order valence-corrected chi connectivity index (χ0v) is 14.3. The van der Waals surface area contributed by atoms with Crippen LogP contribution in [0.1, 0.15) is 18.1 Å². The molecule has 128 valence electrons. The van der Waals surface area contributed by atoms with E-state index in [9.17, 15) is 9.18 Å². The maximum Gasteiger partial charge on any atom is 0.278 e. The van der Waals surface area contributed by atoms with Crippen LogP contribution < -0.4 is 15.0 Å². The highest BCUT2D eigenvalue weighted by Crippen LogP contribution is 2.10. The van der Waals surface area contributed by atoms with Gasteiger partial charge in [-0.3, -0.25) is 4.79 Å². The SMILES string of the molecule is COc1ccc(CNC(=O)[C@@H](C)[NH+](C)Cc2cccc(F)c2)cc1. The number of likely N-dealkylation sites (N-methyl/N-ethyl adjacent to an activating group) is 1. The van der Waals surface area contributed by atoms with Crippen molar-refractivity contribution in [3.63, 3.8) is 0 Å². The standard InChI is InChI=1S/C19H23FN2O2/c1-14(22(2)13-16-5-4-6-17(20)11-16)19(23)21-12-15-7-9-18(24-3)10-8-15/h4-11,14H,12-13H2,1-3H3,(H,21,23)/p+1/t14-/m1/s1. The molecule has 0 heterocycles. The van der Waals surface area contributed by atoms with Crippen molar-refractivity contribution < 1.29 is 18.8 Å². The van der Waals surface area contributed by atoms with E-state index in [0.717, 1.165) is 21.8 Å². The van der Waals surface area contributed by atoms with Gasteiger partial charge >= 0.3 is 0 Å².